The third kappa shape index (κ3) is 3.16. The van der Waals surface area contributed by atoms with Crippen LogP contribution in [0.5, 0.6) is 0 Å². The Kier molecular flexibility index (Phi) is 4.47. The van der Waals surface area contributed by atoms with E-state index in [1.807, 2.05) is 30.8 Å². The SMILES string of the molecule is CCc1ccc(NC2CCCSC2)cc1[N+](=O)[O-]. The molecule has 18 heavy (non-hydrogen) atoms. The minimum absolute atomic E-state index is 0.228. The van der Waals surface area contributed by atoms with Crippen molar-refractivity contribution in [2.75, 3.05) is 16.8 Å². The van der Waals surface area contributed by atoms with Gasteiger partial charge in [0.2, 0.25) is 0 Å². The fraction of sp³-hybridized carbons (Fsp3) is 0.538. The number of nitrogens with one attached hydrogen (secondary N) is 1. The largest absolute Gasteiger partial charge is 0.381 e. The molecule has 1 saturated heterocycles. The number of thioether (sulfide) groups is 1. The molecule has 0 amide bonds. The highest BCUT2D eigenvalue weighted by molar-refractivity contribution is 7.99. The average molecular weight is 266 g/mol. The van der Waals surface area contributed by atoms with Crippen LogP contribution in [0.15, 0.2) is 18.2 Å². The second-order valence-electron chi connectivity index (χ2n) is 4.51. The van der Waals surface area contributed by atoms with E-state index in [1.165, 1.54) is 12.2 Å². The lowest BCUT2D eigenvalue weighted by Crippen LogP contribution is -2.25. The highest BCUT2D eigenvalue weighted by Gasteiger charge is 2.16. The Hall–Kier alpha value is -1.23. The molecule has 1 atom stereocenters. The highest BCUT2D eigenvalue weighted by atomic mass is 32.2. The van der Waals surface area contributed by atoms with Gasteiger partial charge in [0.25, 0.3) is 5.69 Å². The number of nitrogens with zero attached hydrogens (tertiary/aromatic N) is 1. The first-order chi connectivity index (χ1) is 8.70. The van der Waals surface area contributed by atoms with E-state index in [1.54, 1.807) is 6.07 Å². The summed E-state index contributed by atoms with van der Waals surface area (Å²) in [5.74, 6) is 2.32. The smallest absolute Gasteiger partial charge is 0.274 e. The van der Waals surface area contributed by atoms with Gasteiger partial charge < -0.3 is 5.32 Å². The Morgan fingerprint density at radius 2 is 2.39 bits per heavy atom. The van der Waals surface area contributed by atoms with E-state index in [4.69, 9.17) is 0 Å². The van der Waals surface area contributed by atoms with Crippen LogP contribution in [-0.2, 0) is 6.42 Å². The summed E-state index contributed by atoms with van der Waals surface area (Å²) < 4.78 is 0. The summed E-state index contributed by atoms with van der Waals surface area (Å²) in [6.07, 6.45) is 3.06. The molecule has 0 radical (unpaired) electrons. The van der Waals surface area contributed by atoms with Crippen LogP contribution in [-0.4, -0.2) is 22.5 Å². The zero-order valence-electron chi connectivity index (χ0n) is 10.5. The van der Waals surface area contributed by atoms with E-state index in [-0.39, 0.29) is 10.6 Å². The maximum Gasteiger partial charge on any atom is 0.274 e. The molecular formula is C13H18N2O2S. The lowest BCUT2D eigenvalue weighted by atomic mass is 10.1. The van der Waals surface area contributed by atoms with E-state index in [2.05, 4.69) is 5.32 Å². The molecule has 0 aliphatic carbocycles. The molecular weight excluding hydrogens is 248 g/mol. The van der Waals surface area contributed by atoms with Crippen molar-refractivity contribution in [3.05, 3.63) is 33.9 Å². The summed E-state index contributed by atoms with van der Waals surface area (Å²) in [4.78, 5) is 10.7. The molecule has 1 N–H and O–H groups in total. The minimum atomic E-state index is -0.292. The standard InChI is InChI=1S/C13H18N2O2S/c1-2-10-5-6-11(8-13(10)15(16)17)14-12-4-3-7-18-9-12/h5-6,8,12,14H,2-4,7,9H2,1H3. The Morgan fingerprint density at radius 1 is 1.56 bits per heavy atom. The first-order valence-electron chi connectivity index (χ1n) is 6.32. The van der Waals surface area contributed by atoms with Crippen molar-refractivity contribution in [1.82, 2.24) is 0 Å². The van der Waals surface area contributed by atoms with Crippen molar-refractivity contribution in [3.63, 3.8) is 0 Å². The van der Waals surface area contributed by atoms with Gasteiger partial charge in [0.15, 0.2) is 0 Å². The van der Waals surface area contributed by atoms with Gasteiger partial charge in [-0.15, -0.1) is 0 Å². The van der Waals surface area contributed by atoms with E-state index in [9.17, 15) is 10.1 Å². The molecule has 1 fully saturated rings. The fourth-order valence-corrected chi connectivity index (χ4v) is 3.28. The number of aryl methyl sites for hydroxylation is 1. The van der Waals surface area contributed by atoms with E-state index < -0.39 is 0 Å². The fourth-order valence-electron chi connectivity index (χ4n) is 2.21. The minimum Gasteiger partial charge on any atom is -0.381 e. The quantitative estimate of drug-likeness (QED) is 0.669. The van der Waals surface area contributed by atoms with Crippen molar-refractivity contribution >= 4 is 23.1 Å². The second kappa shape index (κ2) is 6.09. The third-order valence-electron chi connectivity index (χ3n) is 3.19. The molecule has 0 aromatic heterocycles. The van der Waals surface area contributed by atoms with Crippen molar-refractivity contribution in [2.24, 2.45) is 0 Å². The molecule has 2 rings (SSSR count). The van der Waals surface area contributed by atoms with Crippen LogP contribution < -0.4 is 5.32 Å². The molecule has 98 valence electrons. The van der Waals surface area contributed by atoms with Gasteiger partial charge in [0.05, 0.1) is 4.92 Å². The summed E-state index contributed by atoms with van der Waals surface area (Å²) in [6.45, 7) is 1.94. The molecule has 0 spiro atoms. The van der Waals surface area contributed by atoms with Crippen LogP contribution in [0.4, 0.5) is 11.4 Å². The van der Waals surface area contributed by atoms with Gasteiger partial charge in [-0.3, -0.25) is 10.1 Å². The normalized spacial score (nSPS) is 19.5. The molecule has 1 aromatic rings. The molecule has 1 aliphatic rings. The lowest BCUT2D eigenvalue weighted by molar-refractivity contribution is -0.385. The Morgan fingerprint density at radius 3 is 3.00 bits per heavy atom. The maximum atomic E-state index is 11.0. The summed E-state index contributed by atoms with van der Waals surface area (Å²) in [5.41, 5.74) is 1.89. The van der Waals surface area contributed by atoms with Gasteiger partial charge in [0.1, 0.15) is 0 Å². The molecule has 0 saturated carbocycles. The second-order valence-corrected chi connectivity index (χ2v) is 5.66. The first kappa shape index (κ1) is 13.2. The van der Waals surface area contributed by atoms with Crippen LogP contribution in [0.25, 0.3) is 0 Å². The molecule has 5 heteroatoms. The first-order valence-corrected chi connectivity index (χ1v) is 7.47. The zero-order valence-corrected chi connectivity index (χ0v) is 11.3. The number of hydrogen-bond donors (Lipinski definition) is 1. The van der Waals surface area contributed by atoms with Crippen LogP contribution in [0.2, 0.25) is 0 Å². The molecule has 4 nitrogen and oxygen atoms in total. The number of rotatable bonds is 4. The Labute approximate surface area is 111 Å². The summed E-state index contributed by atoms with van der Waals surface area (Å²) in [5, 5.41) is 14.4. The number of anilines is 1. The molecule has 1 aliphatic heterocycles. The van der Waals surface area contributed by atoms with Crippen LogP contribution in [0.1, 0.15) is 25.3 Å². The van der Waals surface area contributed by atoms with Crippen molar-refractivity contribution in [2.45, 2.75) is 32.2 Å². The highest BCUT2D eigenvalue weighted by Crippen LogP contribution is 2.26. The third-order valence-corrected chi connectivity index (χ3v) is 4.41. The van der Waals surface area contributed by atoms with E-state index in [0.29, 0.717) is 12.5 Å². The Bertz CT molecular complexity index is 431. The van der Waals surface area contributed by atoms with Gasteiger partial charge in [0, 0.05) is 29.1 Å². The zero-order chi connectivity index (χ0) is 13.0. The van der Waals surface area contributed by atoms with E-state index >= 15 is 0 Å². The number of nitro groups is 1. The summed E-state index contributed by atoms with van der Waals surface area (Å²) in [6, 6.07) is 5.91. The van der Waals surface area contributed by atoms with Gasteiger partial charge in [-0.25, -0.2) is 0 Å². The maximum absolute atomic E-state index is 11.0. The van der Waals surface area contributed by atoms with Gasteiger partial charge in [-0.05, 0) is 31.1 Å². The van der Waals surface area contributed by atoms with Crippen LogP contribution in [0, 0.1) is 10.1 Å². The van der Waals surface area contributed by atoms with Crippen molar-refractivity contribution in [1.29, 1.82) is 0 Å². The van der Waals surface area contributed by atoms with Crippen LogP contribution in [0.3, 0.4) is 0 Å². The van der Waals surface area contributed by atoms with Gasteiger partial charge in [-0.2, -0.15) is 11.8 Å². The van der Waals surface area contributed by atoms with Crippen molar-refractivity contribution in [3.8, 4) is 0 Å². The van der Waals surface area contributed by atoms with Crippen LogP contribution >= 0.6 is 11.8 Å². The predicted octanol–water partition coefficient (Wildman–Crippen LogP) is 3.46. The van der Waals surface area contributed by atoms with E-state index in [0.717, 1.165) is 23.4 Å². The molecule has 1 unspecified atom stereocenters. The lowest BCUT2D eigenvalue weighted by Gasteiger charge is -2.23. The predicted molar refractivity (Wildman–Crippen MR) is 76.4 cm³/mol. The van der Waals surface area contributed by atoms with Crippen molar-refractivity contribution < 1.29 is 4.92 Å². The topological polar surface area (TPSA) is 55.2 Å². The molecule has 0 bridgehead atoms. The Balaban J connectivity index is 2.13. The monoisotopic (exact) mass is 266 g/mol. The van der Waals surface area contributed by atoms with Gasteiger partial charge >= 0.3 is 0 Å². The summed E-state index contributed by atoms with van der Waals surface area (Å²) >= 11 is 1.94. The number of hydrogen-bond acceptors (Lipinski definition) is 4. The number of benzene rings is 1. The molecule has 1 aromatic carbocycles. The summed E-state index contributed by atoms with van der Waals surface area (Å²) in [7, 11) is 0. The number of nitro benzene ring substituents is 1. The average Bonchev–Trinajstić information content (AvgIpc) is 2.40. The van der Waals surface area contributed by atoms with Gasteiger partial charge in [-0.1, -0.05) is 13.0 Å². The molecule has 1 heterocycles.